The number of amides is 3. The summed E-state index contributed by atoms with van der Waals surface area (Å²) in [7, 11) is 0. The van der Waals surface area contributed by atoms with Crippen LogP contribution >= 0.6 is 0 Å². The van der Waals surface area contributed by atoms with Crippen LogP contribution in [0.3, 0.4) is 0 Å². The number of allylic oxidation sites excluding steroid dienone is 1. The van der Waals surface area contributed by atoms with Crippen molar-refractivity contribution in [1.82, 2.24) is 21.3 Å². The normalized spacial score (nSPS) is 13.8. The Bertz CT molecular complexity index is 608. The Morgan fingerprint density at radius 2 is 1.70 bits per heavy atom. The predicted molar refractivity (Wildman–Crippen MR) is 148 cm³/mol. The molecule has 0 aromatic carbocycles. The van der Waals surface area contributed by atoms with Gasteiger partial charge in [-0.15, -0.1) is 0 Å². The van der Waals surface area contributed by atoms with Crippen molar-refractivity contribution in [3.05, 3.63) is 25.1 Å². The summed E-state index contributed by atoms with van der Waals surface area (Å²) in [5.41, 5.74) is 0. The van der Waals surface area contributed by atoms with Crippen LogP contribution in [0, 0.1) is 11.8 Å². The molecule has 1 aliphatic heterocycles. The number of hydrogen-bond donors (Lipinski definition) is 4. The third-order valence-corrected chi connectivity index (χ3v) is 4.29. The van der Waals surface area contributed by atoms with Gasteiger partial charge in [0, 0.05) is 13.0 Å². The summed E-state index contributed by atoms with van der Waals surface area (Å²) in [5.74, 6) is 0.811. The molecular formula is C27H52N4O6. The lowest BCUT2D eigenvalue weighted by Gasteiger charge is -2.18. The van der Waals surface area contributed by atoms with Crippen molar-refractivity contribution in [2.45, 2.75) is 86.3 Å². The van der Waals surface area contributed by atoms with Crippen LogP contribution in [-0.4, -0.2) is 63.1 Å². The van der Waals surface area contributed by atoms with E-state index in [1.807, 2.05) is 33.8 Å². The largest absolute Gasteiger partial charge is 0.466 e. The monoisotopic (exact) mass is 528 g/mol. The zero-order chi connectivity index (χ0) is 28.9. The van der Waals surface area contributed by atoms with Crippen LogP contribution in [0.5, 0.6) is 0 Å². The molecule has 1 fully saturated rings. The van der Waals surface area contributed by atoms with Gasteiger partial charge in [0.2, 0.25) is 18.2 Å². The van der Waals surface area contributed by atoms with Crippen molar-refractivity contribution >= 4 is 24.7 Å². The van der Waals surface area contributed by atoms with E-state index in [2.05, 4.69) is 53.4 Å². The van der Waals surface area contributed by atoms with Gasteiger partial charge in [-0.25, -0.2) is 0 Å². The molecule has 3 amide bonds. The summed E-state index contributed by atoms with van der Waals surface area (Å²) in [5, 5.41) is 10.8. The van der Waals surface area contributed by atoms with Crippen molar-refractivity contribution in [2.75, 3.05) is 26.3 Å². The van der Waals surface area contributed by atoms with Crippen molar-refractivity contribution in [3.63, 3.8) is 0 Å². The maximum atomic E-state index is 11.7. The first-order chi connectivity index (χ1) is 17.7. The van der Waals surface area contributed by atoms with Crippen molar-refractivity contribution in [3.8, 4) is 0 Å². The van der Waals surface area contributed by atoms with E-state index in [9.17, 15) is 19.2 Å². The number of rotatable bonds is 17. The second-order valence-electron chi connectivity index (χ2n) is 8.71. The molecule has 10 nitrogen and oxygen atoms in total. The summed E-state index contributed by atoms with van der Waals surface area (Å²) in [4.78, 5) is 43.0. The van der Waals surface area contributed by atoms with Crippen molar-refractivity contribution in [2.24, 2.45) is 11.8 Å². The fraction of sp³-hybridized carbons (Fsp3) is 0.704. The number of hydrogen-bond acceptors (Lipinski definition) is 7. The second kappa shape index (κ2) is 29.4. The zero-order valence-electron chi connectivity index (χ0n) is 24.0. The Morgan fingerprint density at radius 3 is 2.16 bits per heavy atom. The summed E-state index contributed by atoms with van der Waals surface area (Å²) in [6.45, 7) is 20.4. The molecule has 0 bridgehead atoms. The molecule has 2 unspecified atom stereocenters. The molecule has 4 N–H and O–H groups in total. The molecule has 1 heterocycles. The summed E-state index contributed by atoms with van der Waals surface area (Å²) in [6.07, 6.45) is 8.98. The highest BCUT2D eigenvalue weighted by Gasteiger charge is 2.18. The van der Waals surface area contributed by atoms with Gasteiger partial charge in [-0.3, -0.25) is 19.2 Å². The number of ether oxygens (including phenoxy) is 2. The molecule has 1 aliphatic rings. The van der Waals surface area contributed by atoms with E-state index < -0.39 is 6.04 Å². The van der Waals surface area contributed by atoms with Gasteiger partial charge in [0.15, 0.2) is 0 Å². The Morgan fingerprint density at radius 1 is 1.08 bits per heavy atom. The topological polar surface area (TPSA) is 138 Å². The Balaban J connectivity index is -0.000000510. The second-order valence-corrected chi connectivity index (χ2v) is 8.71. The van der Waals surface area contributed by atoms with Gasteiger partial charge in [0.25, 0.3) is 6.47 Å². The van der Waals surface area contributed by atoms with Crippen LogP contribution in [0.15, 0.2) is 25.1 Å². The third kappa shape index (κ3) is 35.4. The maximum Gasteiger partial charge on any atom is 0.293 e. The zero-order valence-corrected chi connectivity index (χ0v) is 24.0. The van der Waals surface area contributed by atoms with Crippen molar-refractivity contribution in [1.29, 1.82) is 0 Å². The maximum absolute atomic E-state index is 11.7. The van der Waals surface area contributed by atoms with E-state index in [0.29, 0.717) is 63.2 Å². The van der Waals surface area contributed by atoms with Gasteiger partial charge < -0.3 is 30.7 Å². The van der Waals surface area contributed by atoms with E-state index in [0.717, 1.165) is 13.0 Å². The van der Waals surface area contributed by atoms with E-state index >= 15 is 0 Å². The molecule has 37 heavy (non-hydrogen) atoms. The van der Waals surface area contributed by atoms with Crippen LogP contribution < -0.4 is 21.3 Å². The molecule has 0 saturated carbocycles. The standard InChI is InChI=1S/C12H24N2O2.C10H16N2O3.C3H6O.C2H6/c1-9(2)5-6-13-12(16)11(14-8-15)7-10(3)4;1-2-11-6-4-3-5-10(14)12-7-8-15-9-13;1-3-2-4-3;1-2/h8-11H,5-7H2,1-4H3,(H,13,16)(H,14,15);2,4,6,9,11H,1,3,5,7-8H2,(H,12,14);3H,2H2,1H3;1-2H3/b;6-4-;;. The number of carbonyl (C=O) groups is 4. The quantitative estimate of drug-likeness (QED) is 0.129. The first-order valence-electron chi connectivity index (χ1n) is 13.1. The fourth-order valence-corrected chi connectivity index (χ4v) is 2.33. The van der Waals surface area contributed by atoms with Gasteiger partial charge in [0.1, 0.15) is 12.6 Å². The fourth-order valence-electron chi connectivity index (χ4n) is 2.33. The highest BCUT2D eigenvalue weighted by atomic mass is 16.6. The lowest BCUT2D eigenvalue weighted by atomic mass is 10.0. The molecule has 0 radical (unpaired) electrons. The van der Waals surface area contributed by atoms with Gasteiger partial charge >= 0.3 is 0 Å². The Hall–Kier alpha value is -2.88. The molecular weight excluding hydrogens is 476 g/mol. The highest BCUT2D eigenvalue weighted by Crippen LogP contribution is 2.05. The van der Waals surface area contributed by atoms with E-state index in [1.54, 1.807) is 12.4 Å². The smallest absolute Gasteiger partial charge is 0.293 e. The lowest BCUT2D eigenvalue weighted by molar-refractivity contribution is -0.129. The van der Waals surface area contributed by atoms with Crippen LogP contribution in [0.4, 0.5) is 0 Å². The Kier molecular flexibility index (Phi) is 30.7. The average Bonchev–Trinajstić information content (AvgIpc) is 3.65. The summed E-state index contributed by atoms with van der Waals surface area (Å²) < 4.78 is 9.12. The van der Waals surface area contributed by atoms with Gasteiger partial charge in [-0.05, 0) is 50.4 Å². The first-order valence-corrected chi connectivity index (χ1v) is 13.1. The number of nitrogens with one attached hydrogen (secondary N) is 4. The van der Waals surface area contributed by atoms with Gasteiger partial charge in [-0.2, -0.15) is 0 Å². The minimum Gasteiger partial charge on any atom is -0.466 e. The molecule has 1 rings (SSSR count). The molecule has 2 atom stereocenters. The van der Waals surface area contributed by atoms with Crippen molar-refractivity contribution < 1.29 is 28.7 Å². The van der Waals surface area contributed by atoms with Crippen LogP contribution in [0.25, 0.3) is 0 Å². The predicted octanol–water partition coefficient (Wildman–Crippen LogP) is 3.04. The molecule has 0 spiro atoms. The minimum atomic E-state index is -0.398. The molecule has 1 saturated heterocycles. The average molecular weight is 529 g/mol. The summed E-state index contributed by atoms with van der Waals surface area (Å²) >= 11 is 0. The van der Waals surface area contributed by atoms with Gasteiger partial charge in [0.05, 0.1) is 19.3 Å². The van der Waals surface area contributed by atoms with Crippen LogP contribution in [-0.2, 0) is 28.7 Å². The first kappa shape index (κ1) is 38.6. The molecule has 10 heteroatoms. The number of carbonyl (C=O) groups excluding carboxylic acids is 4. The Labute approximate surface area is 224 Å². The van der Waals surface area contributed by atoms with E-state index in [4.69, 9.17) is 4.74 Å². The van der Waals surface area contributed by atoms with E-state index in [-0.39, 0.29) is 18.4 Å². The molecule has 216 valence electrons. The van der Waals surface area contributed by atoms with Crippen LogP contribution in [0.2, 0.25) is 0 Å². The van der Waals surface area contributed by atoms with Gasteiger partial charge in [-0.1, -0.05) is 54.2 Å². The molecule has 0 aromatic rings. The van der Waals surface area contributed by atoms with E-state index in [1.165, 1.54) is 0 Å². The highest BCUT2D eigenvalue weighted by molar-refractivity contribution is 5.83. The molecule has 0 aliphatic carbocycles. The SMILES string of the molecule is C=CN/C=C\CCC(=O)NCCOC=O.CC.CC(C)CCNC(=O)C(CC(C)C)NC=O.CC1CO1. The van der Waals surface area contributed by atoms with Crippen LogP contribution in [0.1, 0.15) is 74.1 Å². The number of epoxide rings is 1. The summed E-state index contributed by atoms with van der Waals surface area (Å²) in [6, 6.07) is -0.398. The minimum absolute atomic E-state index is 0.0623. The lowest BCUT2D eigenvalue weighted by Crippen LogP contribution is -2.44. The molecule has 0 aromatic heterocycles. The third-order valence-electron chi connectivity index (χ3n) is 4.29.